The number of carbonyl (C=O) groups excluding carboxylic acids is 2. The maximum absolute atomic E-state index is 15.9. The Morgan fingerprint density at radius 3 is 2.10 bits per heavy atom. The van der Waals surface area contributed by atoms with Gasteiger partial charge >= 0.3 is 0 Å². The predicted molar refractivity (Wildman–Crippen MR) is 254 cm³/mol. The Morgan fingerprint density at radius 1 is 0.821 bits per heavy atom. The molecule has 0 bridgehead atoms. The van der Waals surface area contributed by atoms with Crippen LogP contribution in [-0.4, -0.2) is 75.6 Å². The van der Waals surface area contributed by atoms with E-state index in [1.165, 1.54) is 30.3 Å². The largest absolute Gasteiger partial charge is 0.491 e. The van der Waals surface area contributed by atoms with Crippen LogP contribution in [0.4, 0.5) is 8.78 Å². The maximum Gasteiger partial charge on any atom is 0.251 e. The SMILES string of the molecule is CC(C)(C)C[C@@H]1N[C@@H](C(=O)NCCOCCOCCOc2ccc(C(=O)N[C@H]3C(C)(C)[C@H](Oc4ccc(C#N)c(Cl)c4)C3(C)C)cc2)[C@H](c2cccc(Cl)c2F)[C@@]1(C#N)c1ccc(Cl)cc1F. The number of nitrogens with one attached hydrogen (secondary N) is 3. The third-order valence-electron chi connectivity index (χ3n) is 12.7. The van der Waals surface area contributed by atoms with Crippen molar-refractivity contribution in [3.8, 4) is 23.6 Å². The number of rotatable bonds is 18. The van der Waals surface area contributed by atoms with Crippen LogP contribution in [0, 0.1) is 50.5 Å². The van der Waals surface area contributed by atoms with Crippen LogP contribution < -0.4 is 25.4 Å². The van der Waals surface area contributed by atoms with Crippen LogP contribution in [0.5, 0.6) is 11.5 Å². The maximum atomic E-state index is 15.9. The minimum atomic E-state index is -1.73. The summed E-state index contributed by atoms with van der Waals surface area (Å²) in [5, 5.41) is 29.8. The van der Waals surface area contributed by atoms with Crippen LogP contribution in [0.25, 0.3) is 0 Å². The second kappa shape index (κ2) is 21.1. The molecule has 1 heterocycles. The van der Waals surface area contributed by atoms with Crippen molar-refractivity contribution in [1.29, 1.82) is 10.5 Å². The van der Waals surface area contributed by atoms with E-state index < -0.39 is 51.8 Å². The zero-order chi connectivity index (χ0) is 48.9. The molecule has 2 aliphatic rings. The lowest BCUT2D eigenvalue weighted by Crippen LogP contribution is -2.74. The van der Waals surface area contributed by atoms with Gasteiger partial charge in [-0.25, -0.2) is 8.78 Å². The van der Waals surface area contributed by atoms with Gasteiger partial charge in [-0.1, -0.05) is 101 Å². The first kappa shape index (κ1) is 51.4. The Morgan fingerprint density at radius 2 is 1.48 bits per heavy atom. The molecule has 0 spiro atoms. The average Bonchev–Trinajstić information content (AvgIpc) is 3.58. The third-order valence-corrected chi connectivity index (χ3v) is 13.5. The van der Waals surface area contributed by atoms with E-state index in [2.05, 4.69) is 22.0 Å². The Labute approximate surface area is 406 Å². The highest BCUT2D eigenvalue weighted by Gasteiger charge is 2.64. The molecule has 1 saturated carbocycles. The second-order valence-electron chi connectivity index (χ2n) is 19.4. The summed E-state index contributed by atoms with van der Waals surface area (Å²) >= 11 is 18.6. The number of ether oxygens (including phenoxy) is 4. The van der Waals surface area contributed by atoms with Gasteiger partial charge in [-0.15, -0.1) is 0 Å². The van der Waals surface area contributed by atoms with Crippen molar-refractivity contribution in [3.63, 3.8) is 0 Å². The van der Waals surface area contributed by atoms with Crippen molar-refractivity contribution in [2.75, 3.05) is 39.6 Å². The minimum Gasteiger partial charge on any atom is -0.491 e. The highest BCUT2D eigenvalue weighted by molar-refractivity contribution is 6.32. The van der Waals surface area contributed by atoms with Gasteiger partial charge in [-0.05, 0) is 72.0 Å². The van der Waals surface area contributed by atoms with E-state index in [0.29, 0.717) is 34.1 Å². The fourth-order valence-electron chi connectivity index (χ4n) is 9.97. The van der Waals surface area contributed by atoms with E-state index in [4.69, 9.17) is 53.8 Å². The number of hydrogen-bond donors (Lipinski definition) is 3. The highest BCUT2D eigenvalue weighted by Crippen LogP contribution is 2.56. The smallest absolute Gasteiger partial charge is 0.251 e. The molecule has 356 valence electrons. The molecule has 16 heteroatoms. The fraction of sp³-hybridized carbons (Fsp3) is 0.451. The molecule has 4 aromatic carbocycles. The van der Waals surface area contributed by atoms with E-state index in [-0.39, 0.29) is 84.2 Å². The Balaban J connectivity index is 0.948. The third kappa shape index (κ3) is 11.2. The Kier molecular flexibility index (Phi) is 16.2. The summed E-state index contributed by atoms with van der Waals surface area (Å²) in [7, 11) is 0. The van der Waals surface area contributed by atoms with Crippen LogP contribution in [0.3, 0.4) is 0 Å². The molecule has 67 heavy (non-hydrogen) atoms. The average molecular weight is 979 g/mol. The molecule has 0 unspecified atom stereocenters. The normalized spacial score (nSPS) is 22.7. The monoisotopic (exact) mass is 977 g/mol. The summed E-state index contributed by atoms with van der Waals surface area (Å²) in [6.45, 7) is 15.3. The summed E-state index contributed by atoms with van der Waals surface area (Å²) in [5.74, 6) is -2.31. The predicted octanol–water partition coefficient (Wildman–Crippen LogP) is 9.96. The number of amides is 2. The molecule has 2 amide bonds. The molecule has 3 N–H and O–H groups in total. The zero-order valence-electron chi connectivity index (χ0n) is 38.6. The molecule has 1 aliphatic carbocycles. The molecule has 4 atom stereocenters. The molecule has 0 aromatic heterocycles. The number of benzene rings is 4. The van der Waals surface area contributed by atoms with Crippen LogP contribution in [-0.2, 0) is 19.7 Å². The van der Waals surface area contributed by atoms with E-state index in [0.717, 1.165) is 6.07 Å². The molecular formula is C51H56Cl3F2N5O6. The molecule has 1 saturated heterocycles. The first-order chi connectivity index (χ1) is 31.6. The topological polar surface area (TPSA) is 155 Å². The molecular weight excluding hydrogens is 923 g/mol. The first-order valence-electron chi connectivity index (χ1n) is 22.1. The molecule has 4 aromatic rings. The fourth-order valence-corrected chi connectivity index (χ4v) is 10.5. The molecule has 0 radical (unpaired) electrons. The van der Waals surface area contributed by atoms with E-state index in [9.17, 15) is 20.1 Å². The number of nitriles is 2. The van der Waals surface area contributed by atoms with Gasteiger partial charge in [-0.3, -0.25) is 9.59 Å². The van der Waals surface area contributed by atoms with Gasteiger partial charge < -0.3 is 34.9 Å². The van der Waals surface area contributed by atoms with Gasteiger partial charge in [-0.2, -0.15) is 10.5 Å². The van der Waals surface area contributed by atoms with Crippen molar-refractivity contribution >= 4 is 46.6 Å². The lowest BCUT2D eigenvalue weighted by Gasteiger charge is -2.63. The lowest BCUT2D eigenvalue weighted by molar-refractivity contribution is -0.164. The van der Waals surface area contributed by atoms with Crippen molar-refractivity contribution in [2.45, 2.75) is 90.4 Å². The van der Waals surface area contributed by atoms with Crippen LogP contribution in [0.1, 0.15) is 87.9 Å². The van der Waals surface area contributed by atoms with Crippen LogP contribution in [0.2, 0.25) is 15.1 Å². The highest BCUT2D eigenvalue weighted by atomic mass is 35.5. The van der Waals surface area contributed by atoms with Crippen LogP contribution in [0.15, 0.2) is 78.9 Å². The molecule has 6 rings (SSSR count). The second-order valence-corrected chi connectivity index (χ2v) is 20.6. The molecule has 2 fully saturated rings. The van der Waals surface area contributed by atoms with Gasteiger partial charge in [0.15, 0.2) is 0 Å². The Hall–Kier alpha value is -4.99. The number of nitrogens with zero attached hydrogens (tertiary/aromatic N) is 2. The van der Waals surface area contributed by atoms with E-state index >= 15 is 8.78 Å². The van der Waals surface area contributed by atoms with Crippen molar-refractivity contribution in [2.24, 2.45) is 16.2 Å². The quantitative estimate of drug-likeness (QED) is 0.0827. The standard InChI is InChI=1S/C51H56Cl3F2N5O6/c1-48(2,3)27-40-51(29-58,36-18-14-32(52)25-39(36)55)41(35-9-8-10-37(53)42(35)56)43(60-40)45(63)59-19-20-64-21-22-65-23-24-66-33-15-11-30(12-16-33)44(62)61-46-49(4,5)47(50(46,6)7)67-34-17-13-31(28-57)38(54)26-34/h8-18,25-26,40-41,43,46-47,60H,19-24,27H2,1-7H3,(H,59,63)(H,61,62)/t40-,41-,43+,46-,47-,51-/m0/s1. The summed E-state index contributed by atoms with van der Waals surface area (Å²) in [6.07, 6.45) is 0.119. The Bertz CT molecular complexity index is 2510. The zero-order valence-corrected chi connectivity index (χ0v) is 40.8. The van der Waals surface area contributed by atoms with Gasteiger partial charge in [0.1, 0.15) is 47.3 Å². The number of hydrogen-bond acceptors (Lipinski definition) is 9. The molecule has 1 aliphatic heterocycles. The number of carbonyl (C=O) groups is 2. The van der Waals surface area contributed by atoms with Gasteiger partial charge in [0, 0.05) is 57.6 Å². The van der Waals surface area contributed by atoms with E-state index in [1.807, 2.05) is 54.5 Å². The summed E-state index contributed by atoms with van der Waals surface area (Å²) in [4.78, 5) is 27.3. The first-order valence-corrected chi connectivity index (χ1v) is 23.2. The lowest BCUT2D eigenvalue weighted by atomic mass is 9.49. The van der Waals surface area contributed by atoms with Crippen LogP contribution >= 0.6 is 34.8 Å². The summed E-state index contributed by atoms with van der Waals surface area (Å²) in [6, 6.07) is 22.5. The number of halogens is 5. The summed E-state index contributed by atoms with van der Waals surface area (Å²) in [5.41, 5.74) is -2.05. The van der Waals surface area contributed by atoms with Crippen molar-refractivity contribution in [1.82, 2.24) is 16.0 Å². The van der Waals surface area contributed by atoms with E-state index in [1.54, 1.807) is 42.5 Å². The van der Waals surface area contributed by atoms with Gasteiger partial charge in [0.2, 0.25) is 5.91 Å². The molecule has 11 nitrogen and oxygen atoms in total. The summed E-state index contributed by atoms with van der Waals surface area (Å²) < 4.78 is 55.3. The van der Waals surface area contributed by atoms with Gasteiger partial charge in [0.25, 0.3) is 5.91 Å². The van der Waals surface area contributed by atoms with Crippen molar-refractivity contribution in [3.05, 3.63) is 128 Å². The van der Waals surface area contributed by atoms with Gasteiger partial charge in [0.05, 0.1) is 54.1 Å². The van der Waals surface area contributed by atoms with Crippen molar-refractivity contribution < 1.29 is 37.3 Å². The minimum absolute atomic E-state index is 0.00108.